The van der Waals surface area contributed by atoms with Crippen LogP contribution in [0.4, 0.5) is 11.4 Å². The maximum absolute atomic E-state index is 12.6. The molecule has 0 aliphatic carbocycles. The molecule has 1 N–H and O–H groups in total. The van der Waals surface area contributed by atoms with Crippen molar-refractivity contribution in [1.82, 2.24) is 0 Å². The average molecular weight is 366 g/mol. The minimum absolute atomic E-state index is 0.0329. The van der Waals surface area contributed by atoms with E-state index in [1.54, 1.807) is 4.90 Å². The summed E-state index contributed by atoms with van der Waals surface area (Å²) in [6, 6.07) is 15.3. The van der Waals surface area contributed by atoms with Crippen molar-refractivity contribution < 1.29 is 14.3 Å². The highest BCUT2D eigenvalue weighted by Gasteiger charge is 2.35. The molecule has 3 rings (SSSR count). The first kappa shape index (κ1) is 19.0. The van der Waals surface area contributed by atoms with Gasteiger partial charge in [-0.2, -0.15) is 0 Å². The second kappa shape index (κ2) is 8.25. The lowest BCUT2D eigenvalue weighted by atomic mass is 10.0. The number of amides is 2. The zero-order valence-corrected chi connectivity index (χ0v) is 16.1. The average Bonchev–Trinajstić information content (AvgIpc) is 3.05. The van der Waals surface area contributed by atoms with E-state index in [-0.39, 0.29) is 24.2 Å². The zero-order valence-electron chi connectivity index (χ0n) is 16.1. The smallest absolute Gasteiger partial charge is 0.229 e. The first-order chi connectivity index (χ1) is 13.0. The van der Waals surface area contributed by atoms with Crippen molar-refractivity contribution in [2.75, 3.05) is 23.4 Å². The monoisotopic (exact) mass is 366 g/mol. The SMILES string of the molecule is CCOc1ccc(N2C[C@H](C(=O)Nc3ccc(C(C)C)cc3)CC2=O)cc1. The van der Waals surface area contributed by atoms with E-state index in [1.165, 1.54) is 5.56 Å². The Balaban J connectivity index is 1.63. The van der Waals surface area contributed by atoms with Crippen LogP contribution in [0.15, 0.2) is 48.5 Å². The molecule has 2 aromatic carbocycles. The molecule has 0 radical (unpaired) electrons. The summed E-state index contributed by atoms with van der Waals surface area (Å²) in [5, 5.41) is 2.93. The predicted octanol–water partition coefficient (Wildman–Crippen LogP) is 4.20. The van der Waals surface area contributed by atoms with Crippen molar-refractivity contribution >= 4 is 23.2 Å². The van der Waals surface area contributed by atoms with Crippen molar-refractivity contribution in [2.24, 2.45) is 5.92 Å². The maximum Gasteiger partial charge on any atom is 0.229 e. The van der Waals surface area contributed by atoms with Crippen LogP contribution in [0, 0.1) is 5.92 Å². The van der Waals surface area contributed by atoms with Crippen LogP contribution in [0.5, 0.6) is 5.75 Å². The Morgan fingerprint density at radius 2 is 1.81 bits per heavy atom. The number of hydrogen-bond donors (Lipinski definition) is 1. The molecule has 0 saturated carbocycles. The van der Waals surface area contributed by atoms with Crippen LogP contribution >= 0.6 is 0 Å². The molecule has 1 aliphatic heterocycles. The van der Waals surface area contributed by atoms with Crippen molar-refractivity contribution in [3.05, 3.63) is 54.1 Å². The van der Waals surface area contributed by atoms with Crippen molar-refractivity contribution in [3.63, 3.8) is 0 Å². The van der Waals surface area contributed by atoms with Gasteiger partial charge in [-0.15, -0.1) is 0 Å². The van der Waals surface area contributed by atoms with E-state index in [4.69, 9.17) is 4.74 Å². The number of carbonyl (C=O) groups excluding carboxylic acids is 2. The van der Waals surface area contributed by atoms with Gasteiger partial charge in [-0.3, -0.25) is 9.59 Å². The number of hydrogen-bond acceptors (Lipinski definition) is 3. The minimum Gasteiger partial charge on any atom is -0.494 e. The summed E-state index contributed by atoms with van der Waals surface area (Å²) in [5.74, 6) is 0.717. The highest BCUT2D eigenvalue weighted by atomic mass is 16.5. The van der Waals surface area contributed by atoms with Crippen LogP contribution in [0.2, 0.25) is 0 Å². The molecular formula is C22H26N2O3. The van der Waals surface area contributed by atoms with Gasteiger partial charge in [0.05, 0.1) is 12.5 Å². The molecule has 5 nitrogen and oxygen atoms in total. The van der Waals surface area contributed by atoms with E-state index in [9.17, 15) is 9.59 Å². The number of carbonyl (C=O) groups is 2. The molecule has 1 atom stereocenters. The number of ether oxygens (including phenoxy) is 1. The van der Waals surface area contributed by atoms with Gasteiger partial charge in [-0.25, -0.2) is 0 Å². The molecule has 1 aliphatic rings. The number of nitrogens with one attached hydrogen (secondary N) is 1. The molecule has 1 fully saturated rings. The maximum atomic E-state index is 12.6. The van der Waals surface area contributed by atoms with E-state index < -0.39 is 0 Å². The number of benzene rings is 2. The lowest BCUT2D eigenvalue weighted by Crippen LogP contribution is -2.28. The second-order valence-corrected chi connectivity index (χ2v) is 7.10. The van der Waals surface area contributed by atoms with Crippen molar-refractivity contribution in [1.29, 1.82) is 0 Å². The number of anilines is 2. The van der Waals surface area contributed by atoms with E-state index in [1.807, 2.05) is 55.5 Å². The van der Waals surface area contributed by atoms with Gasteiger partial charge in [0.15, 0.2) is 0 Å². The Morgan fingerprint density at radius 3 is 2.41 bits per heavy atom. The third-order valence-electron chi connectivity index (χ3n) is 4.80. The lowest BCUT2D eigenvalue weighted by molar-refractivity contribution is -0.122. The van der Waals surface area contributed by atoms with Gasteiger partial charge in [0.2, 0.25) is 11.8 Å². The largest absolute Gasteiger partial charge is 0.494 e. The fourth-order valence-electron chi connectivity index (χ4n) is 3.22. The molecule has 1 saturated heterocycles. The second-order valence-electron chi connectivity index (χ2n) is 7.10. The summed E-state index contributed by atoms with van der Waals surface area (Å²) >= 11 is 0. The Hall–Kier alpha value is -2.82. The topological polar surface area (TPSA) is 58.6 Å². The van der Waals surface area contributed by atoms with Gasteiger partial charge >= 0.3 is 0 Å². The molecule has 0 unspecified atom stereocenters. The molecule has 5 heteroatoms. The van der Waals surface area contributed by atoms with Gasteiger partial charge in [-0.1, -0.05) is 26.0 Å². The Bertz CT molecular complexity index is 797. The molecule has 2 aromatic rings. The van der Waals surface area contributed by atoms with E-state index in [2.05, 4.69) is 19.2 Å². The van der Waals surface area contributed by atoms with Gasteiger partial charge in [0.1, 0.15) is 5.75 Å². The summed E-state index contributed by atoms with van der Waals surface area (Å²) in [7, 11) is 0. The summed E-state index contributed by atoms with van der Waals surface area (Å²) in [5.41, 5.74) is 2.78. The van der Waals surface area contributed by atoms with E-state index in [0.717, 1.165) is 17.1 Å². The van der Waals surface area contributed by atoms with Crippen molar-refractivity contribution in [3.8, 4) is 5.75 Å². The Labute approximate surface area is 160 Å². The third-order valence-corrected chi connectivity index (χ3v) is 4.80. The van der Waals surface area contributed by atoms with Gasteiger partial charge in [0.25, 0.3) is 0 Å². The highest BCUT2D eigenvalue weighted by molar-refractivity contribution is 6.03. The summed E-state index contributed by atoms with van der Waals surface area (Å²) in [6.45, 7) is 7.18. The summed E-state index contributed by atoms with van der Waals surface area (Å²) in [6.07, 6.45) is 0.225. The van der Waals surface area contributed by atoms with E-state index in [0.29, 0.717) is 19.1 Å². The number of rotatable bonds is 6. The molecule has 142 valence electrons. The number of nitrogens with zero attached hydrogens (tertiary/aromatic N) is 1. The summed E-state index contributed by atoms with van der Waals surface area (Å²) < 4.78 is 5.43. The minimum atomic E-state index is -0.353. The van der Waals surface area contributed by atoms with Crippen LogP contribution in [-0.2, 0) is 9.59 Å². The van der Waals surface area contributed by atoms with Crippen LogP contribution in [0.1, 0.15) is 38.7 Å². The first-order valence-corrected chi connectivity index (χ1v) is 9.42. The third kappa shape index (κ3) is 4.48. The molecule has 0 spiro atoms. The predicted molar refractivity (Wildman–Crippen MR) is 107 cm³/mol. The molecule has 0 bridgehead atoms. The van der Waals surface area contributed by atoms with E-state index >= 15 is 0 Å². The molecule has 1 heterocycles. The van der Waals surface area contributed by atoms with Gasteiger partial charge in [0, 0.05) is 24.3 Å². The standard InChI is InChI=1S/C22H26N2O3/c1-4-27-20-11-9-19(10-12-20)24-14-17(13-21(24)25)22(26)23-18-7-5-16(6-8-18)15(2)3/h5-12,15,17H,4,13-14H2,1-3H3,(H,23,26)/t17-/m1/s1. The van der Waals surface area contributed by atoms with Crippen LogP contribution < -0.4 is 15.0 Å². The molecule has 27 heavy (non-hydrogen) atoms. The fraction of sp³-hybridized carbons (Fsp3) is 0.364. The van der Waals surface area contributed by atoms with Crippen LogP contribution in [-0.4, -0.2) is 25.0 Å². The first-order valence-electron chi connectivity index (χ1n) is 9.42. The van der Waals surface area contributed by atoms with Gasteiger partial charge in [-0.05, 0) is 54.8 Å². The van der Waals surface area contributed by atoms with Gasteiger partial charge < -0.3 is 15.0 Å². The van der Waals surface area contributed by atoms with Crippen LogP contribution in [0.25, 0.3) is 0 Å². The zero-order chi connectivity index (χ0) is 19.4. The Morgan fingerprint density at radius 1 is 1.15 bits per heavy atom. The lowest BCUT2D eigenvalue weighted by Gasteiger charge is -2.17. The summed E-state index contributed by atoms with van der Waals surface area (Å²) in [4.78, 5) is 26.6. The van der Waals surface area contributed by atoms with Crippen LogP contribution in [0.3, 0.4) is 0 Å². The Kier molecular flexibility index (Phi) is 5.79. The normalized spacial score (nSPS) is 16.7. The van der Waals surface area contributed by atoms with Crippen molar-refractivity contribution in [2.45, 2.75) is 33.1 Å². The molecular weight excluding hydrogens is 340 g/mol. The molecule has 2 amide bonds. The fourth-order valence-corrected chi connectivity index (χ4v) is 3.22. The quantitative estimate of drug-likeness (QED) is 0.833. The molecule has 0 aromatic heterocycles. The highest BCUT2D eigenvalue weighted by Crippen LogP contribution is 2.28.